The molecule has 3 rings (SSSR count). The maximum atomic E-state index is 12.7. The van der Waals surface area contributed by atoms with E-state index in [1.165, 1.54) is 0 Å². The molecular formula is C12H15F3N4O. The fourth-order valence-corrected chi connectivity index (χ4v) is 2.53. The van der Waals surface area contributed by atoms with Gasteiger partial charge in [-0.05, 0) is 25.2 Å². The average molecular weight is 288 g/mol. The molecule has 2 unspecified atom stereocenters. The average Bonchev–Trinajstić information content (AvgIpc) is 3.09. The third kappa shape index (κ3) is 2.79. The summed E-state index contributed by atoms with van der Waals surface area (Å²) < 4.78 is 43.7. The lowest BCUT2D eigenvalue weighted by Crippen LogP contribution is -2.31. The fourth-order valence-electron chi connectivity index (χ4n) is 2.53. The molecule has 3 N–H and O–H groups in total. The van der Waals surface area contributed by atoms with Crippen molar-refractivity contribution in [3.8, 4) is 0 Å². The van der Waals surface area contributed by atoms with Gasteiger partial charge in [-0.2, -0.15) is 18.2 Å². The van der Waals surface area contributed by atoms with Gasteiger partial charge in [0.1, 0.15) is 5.82 Å². The van der Waals surface area contributed by atoms with Crippen molar-refractivity contribution in [2.24, 2.45) is 5.92 Å². The van der Waals surface area contributed by atoms with Crippen molar-refractivity contribution in [1.82, 2.24) is 9.97 Å². The Morgan fingerprint density at radius 1 is 1.25 bits per heavy atom. The molecular weight excluding hydrogens is 273 g/mol. The van der Waals surface area contributed by atoms with E-state index in [2.05, 4.69) is 15.3 Å². The third-order valence-electron chi connectivity index (χ3n) is 3.59. The molecule has 1 aliphatic heterocycles. The first-order chi connectivity index (χ1) is 9.43. The summed E-state index contributed by atoms with van der Waals surface area (Å²) in [5.41, 5.74) is 4.31. The van der Waals surface area contributed by atoms with Crippen LogP contribution in [0.5, 0.6) is 0 Å². The Kier molecular flexibility index (Phi) is 3.19. The molecule has 20 heavy (non-hydrogen) atoms. The second kappa shape index (κ2) is 4.76. The van der Waals surface area contributed by atoms with Crippen LogP contribution in [0.15, 0.2) is 6.07 Å². The standard InChI is InChI=1S/C12H15F3N4O/c13-12(14,15)8-5-9(19-11(16)18-8)17-7-3-4-20-10(7)6-1-2-6/h5-7,10H,1-4H2,(H3,16,17,18,19). The molecule has 8 heteroatoms. The van der Waals surface area contributed by atoms with Crippen LogP contribution in [0.1, 0.15) is 25.0 Å². The molecule has 110 valence electrons. The number of nitrogens with zero attached hydrogens (tertiary/aromatic N) is 2. The van der Waals surface area contributed by atoms with Crippen molar-refractivity contribution in [2.75, 3.05) is 17.7 Å². The molecule has 0 amide bonds. The topological polar surface area (TPSA) is 73.1 Å². The molecule has 0 radical (unpaired) electrons. The lowest BCUT2D eigenvalue weighted by Gasteiger charge is -2.20. The van der Waals surface area contributed by atoms with Crippen molar-refractivity contribution in [1.29, 1.82) is 0 Å². The second-order valence-corrected chi connectivity index (χ2v) is 5.21. The summed E-state index contributed by atoms with van der Waals surface area (Å²) in [4.78, 5) is 7.04. The minimum Gasteiger partial charge on any atom is -0.376 e. The van der Waals surface area contributed by atoms with Gasteiger partial charge >= 0.3 is 6.18 Å². The third-order valence-corrected chi connectivity index (χ3v) is 3.59. The number of rotatable bonds is 3. The Hall–Kier alpha value is -1.57. The molecule has 0 aromatic carbocycles. The van der Waals surface area contributed by atoms with Gasteiger partial charge in [-0.1, -0.05) is 0 Å². The molecule has 1 aliphatic carbocycles. The Morgan fingerprint density at radius 2 is 2.00 bits per heavy atom. The van der Waals surface area contributed by atoms with Crippen molar-refractivity contribution in [3.05, 3.63) is 11.8 Å². The molecule has 1 saturated heterocycles. The molecule has 5 nitrogen and oxygen atoms in total. The van der Waals surface area contributed by atoms with E-state index in [0.717, 1.165) is 25.3 Å². The Labute approximate surface area is 113 Å². The molecule has 0 spiro atoms. The number of aromatic nitrogens is 2. The van der Waals surface area contributed by atoms with Crippen LogP contribution in [0.4, 0.5) is 24.9 Å². The maximum Gasteiger partial charge on any atom is 0.433 e. The van der Waals surface area contributed by atoms with Crippen LogP contribution in [0, 0.1) is 5.92 Å². The summed E-state index contributed by atoms with van der Waals surface area (Å²) in [6.45, 7) is 0.617. The number of halogens is 3. The number of alkyl halides is 3. The SMILES string of the molecule is Nc1nc(NC2CCOC2C2CC2)cc(C(F)(F)F)n1. The molecule has 1 saturated carbocycles. The number of nitrogen functional groups attached to an aromatic ring is 1. The van der Waals surface area contributed by atoms with E-state index in [-0.39, 0.29) is 23.9 Å². The first-order valence-corrected chi connectivity index (χ1v) is 6.53. The zero-order chi connectivity index (χ0) is 14.3. The zero-order valence-corrected chi connectivity index (χ0v) is 10.7. The highest BCUT2D eigenvalue weighted by Gasteiger charge is 2.41. The summed E-state index contributed by atoms with van der Waals surface area (Å²) in [6.07, 6.45) is -1.49. The van der Waals surface area contributed by atoms with Crippen LogP contribution in [0.2, 0.25) is 0 Å². The van der Waals surface area contributed by atoms with E-state index in [1.54, 1.807) is 0 Å². The van der Waals surface area contributed by atoms with Gasteiger partial charge in [0, 0.05) is 12.7 Å². The van der Waals surface area contributed by atoms with Crippen molar-refractivity contribution in [3.63, 3.8) is 0 Å². The summed E-state index contributed by atoms with van der Waals surface area (Å²) in [5.74, 6) is 0.228. The largest absolute Gasteiger partial charge is 0.433 e. The zero-order valence-electron chi connectivity index (χ0n) is 10.7. The monoisotopic (exact) mass is 288 g/mol. The molecule has 2 heterocycles. The van der Waals surface area contributed by atoms with Gasteiger partial charge < -0.3 is 15.8 Å². The van der Waals surface area contributed by atoms with E-state index in [1.807, 2.05) is 0 Å². The fraction of sp³-hybridized carbons (Fsp3) is 0.667. The highest BCUT2D eigenvalue weighted by atomic mass is 19.4. The predicted octanol–water partition coefficient (Wildman–Crippen LogP) is 2.06. The smallest absolute Gasteiger partial charge is 0.376 e. The van der Waals surface area contributed by atoms with Gasteiger partial charge in [-0.3, -0.25) is 0 Å². The number of hydrogen-bond acceptors (Lipinski definition) is 5. The van der Waals surface area contributed by atoms with Gasteiger partial charge in [0.25, 0.3) is 0 Å². The van der Waals surface area contributed by atoms with E-state index in [0.29, 0.717) is 12.5 Å². The molecule has 2 aliphatic rings. The van der Waals surface area contributed by atoms with Gasteiger partial charge in [0.05, 0.1) is 12.1 Å². The van der Waals surface area contributed by atoms with Gasteiger partial charge in [-0.25, -0.2) is 4.98 Å². The van der Waals surface area contributed by atoms with Gasteiger partial charge in [0.15, 0.2) is 5.69 Å². The van der Waals surface area contributed by atoms with Crippen LogP contribution in [0.3, 0.4) is 0 Å². The number of nitrogens with one attached hydrogen (secondary N) is 1. The number of ether oxygens (including phenoxy) is 1. The van der Waals surface area contributed by atoms with Crippen molar-refractivity contribution < 1.29 is 17.9 Å². The summed E-state index contributed by atoms with van der Waals surface area (Å²) in [6, 6.07) is 0.872. The van der Waals surface area contributed by atoms with Crippen LogP contribution < -0.4 is 11.1 Å². The van der Waals surface area contributed by atoms with Gasteiger partial charge in [-0.15, -0.1) is 0 Å². The molecule has 2 atom stereocenters. The quantitative estimate of drug-likeness (QED) is 0.890. The molecule has 1 aromatic rings. The first kappa shape index (κ1) is 13.4. The van der Waals surface area contributed by atoms with Crippen molar-refractivity contribution in [2.45, 2.75) is 37.6 Å². The number of hydrogen-bond donors (Lipinski definition) is 2. The van der Waals surface area contributed by atoms with Crippen LogP contribution in [0.25, 0.3) is 0 Å². The Balaban J connectivity index is 1.78. The van der Waals surface area contributed by atoms with Crippen LogP contribution in [-0.4, -0.2) is 28.7 Å². The Bertz CT molecular complexity index is 504. The Morgan fingerprint density at radius 3 is 2.65 bits per heavy atom. The molecule has 1 aromatic heterocycles. The van der Waals surface area contributed by atoms with E-state index < -0.39 is 11.9 Å². The lowest BCUT2D eigenvalue weighted by molar-refractivity contribution is -0.141. The lowest BCUT2D eigenvalue weighted by atomic mass is 10.1. The van der Waals surface area contributed by atoms with E-state index in [9.17, 15) is 13.2 Å². The van der Waals surface area contributed by atoms with Crippen LogP contribution in [-0.2, 0) is 10.9 Å². The second-order valence-electron chi connectivity index (χ2n) is 5.21. The predicted molar refractivity (Wildman–Crippen MR) is 65.9 cm³/mol. The summed E-state index contributed by atoms with van der Waals surface area (Å²) >= 11 is 0. The normalized spacial score (nSPS) is 26.8. The molecule has 0 bridgehead atoms. The summed E-state index contributed by atoms with van der Waals surface area (Å²) in [7, 11) is 0. The summed E-state index contributed by atoms with van der Waals surface area (Å²) in [5, 5.41) is 3.01. The minimum atomic E-state index is -4.53. The highest BCUT2D eigenvalue weighted by molar-refractivity contribution is 5.42. The van der Waals surface area contributed by atoms with E-state index >= 15 is 0 Å². The highest BCUT2D eigenvalue weighted by Crippen LogP contribution is 2.39. The van der Waals surface area contributed by atoms with Crippen LogP contribution >= 0.6 is 0 Å². The minimum absolute atomic E-state index is 0.0158. The van der Waals surface area contributed by atoms with Gasteiger partial charge in [0.2, 0.25) is 5.95 Å². The molecule has 2 fully saturated rings. The maximum absolute atomic E-state index is 12.7. The number of anilines is 2. The number of nitrogens with two attached hydrogens (primary N) is 1. The van der Waals surface area contributed by atoms with E-state index in [4.69, 9.17) is 10.5 Å². The first-order valence-electron chi connectivity index (χ1n) is 6.53. The van der Waals surface area contributed by atoms with Crippen molar-refractivity contribution >= 4 is 11.8 Å².